The second-order valence-electron chi connectivity index (χ2n) is 7.15. The highest BCUT2D eigenvalue weighted by molar-refractivity contribution is 5.79. The Morgan fingerprint density at radius 2 is 2.17 bits per heavy atom. The third-order valence-corrected chi connectivity index (χ3v) is 5.37. The molecule has 0 unspecified atom stereocenters. The third-order valence-electron chi connectivity index (χ3n) is 5.37. The summed E-state index contributed by atoms with van der Waals surface area (Å²) in [7, 11) is 0. The Hall–Kier alpha value is -1.40. The van der Waals surface area contributed by atoms with E-state index in [1.165, 1.54) is 25.9 Å². The Kier molecular flexibility index (Phi) is 4.35. The molecule has 2 atom stereocenters. The Morgan fingerprint density at radius 1 is 1.30 bits per heavy atom. The molecule has 0 bridgehead atoms. The first-order chi connectivity index (χ1) is 11.3. The average Bonchev–Trinajstić information content (AvgIpc) is 3.28. The molecule has 0 aliphatic carbocycles. The molecule has 4 heterocycles. The molecule has 0 radical (unpaired) electrons. The van der Waals surface area contributed by atoms with Crippen molar-refractivity contribution >= 4 is 5.91 Å². The maximum absolute atomic E-state index is 12.9. The van der Waals surface area contributed by atoms with Gasteiger partial charge in [0.15, 0.2) is 0 Å². The molecule has 6 nitrogen and oxygen atoms in total. The fraction of sp³-hybridized carbons (Fsp3) is 0.765. The van der Waals surface area contributed by atoms with Crippen LogP contribution in [0.1, 0.15) is 25.1 Å². The van der Waals surface area contributed by atoms with Gasteiger partial charge in [-0.15, -0.1) is 0 Å². The molecule has 3 aliphatic rings. The molecule has 1 amide bonds. The molecular weight excluding hydrogens is 292 g/mol. The Morgan fingerprint density at radius 3 is 2.96 bits per heavy atom. The number of ether oxygens (including phenoxy) is 1. The van der Waals surface area contributed by atoms with Crippen LogP contribution in [-0.4, -0.2) is 64.7 Å². The Balaban J connectivity index is 1.50. The van der Waals surface area contributed by atoms with Crippen LogP contribution >= 0.6 is 0 Å². The number of fused-ring (bicyclic) bond motifs is 1. The predicted molar refractivity (Wildman–Crippen MR) is 85.7 cm³/mol. The molecule has 1 aromatic heterocycles. The van der Waals surface area contributed by atoms with Gasteiger partial charge in [0.05, 0.1) is 19.1 Å². The van der Waals surface area contributed by atoms with E-state index in [0.717, 1.165) is 38.5 Å². The van der Waals surface area contributed by atoms with Crippen LogP contribution in [0.3, 0.4) is 0 Å². The lowest BCUT2D eigenvalue weighted by atomic mass is 10.0. The van der Waals surface area contributed by atoms with Gasteiger partial charge in [0.2, 0.25) is 5.91 Å². The number of imidazole rings is 1. The fourth-order valence-electron chi connectivity index (χ4n) is 4.14. The SMILES string of the molecule is O=C([C@@H]1CCOC1)N1Cc2nccn2C[C@@H](CN2CCCC2)C1. The van der Waals surface area contributed by atoms with E-state index in [2.05, 4.69) is 20.6 Å². The molecule has 4 rings (SSSR count). The van der Waals surface area contributed by atoms with Gasteiger partial charge in [-0.05, 0) is 32.4 Å². The maximum atomic E-state index is 12.9. The van der Waals surface area contributed by atoms with Crippen LogP contribution in [0.2, 0.25) is 0 Å². The Bertz CT molecular complexity index is 547. The molecule has 1 aromatic rings. The molecule has 3 aliphatic heterocycles. The van der Waals surface area contributed by atoms with Gasteiger partial charge in [-0.3, -0.25) is 4.79 Å². The molecule has 23 heavy (non-hydrogen) atoms. The highest BCUT2D eigenvalue weighted by atomic mass is 16.5. The number of rotatable bonds is 3. The van der Waals surface area contributed by atoms with Crippen molar-refractivity contribution in [3.05, 3.63) is 18.2 Å². The normalized spacial score (nSPS) is 28.8. The standard InChI is InChI=1S/C17H26N4O2/c22-17(15-3-8-23-13-15)21-11-14(9-19-5-1-2-6-19)10-20-7-4-18-16(20)12-21/h4,7,14-15H,1-3,5-6,8-13H2/t14-,15-/m1/s1. The second kappa shape index (κ2) is 6.61. The Labute approximate surface area is 137 Å². The van der Waals surface area contributed by atoms with Gasteiger partial charge in [0.25, 0.3) is 0 Å². The number of nitrogens with zero attached hydrogens (tertiary/aromatic N) is 4. The van der Waals surface area contributed by atoms with E-state index in [9.17, 15) is 4.79 Å². The van der Waals surface area contributed by atoms with Crippen LogP contribution in [-0.2, 0) is 22.6 Å². The minimum atomic E-state index is 0.0453. The van der Waals surface area contributed by atoms with Gasteiger partial charge in [-0.1, -0.05) is 0 Å². The topological polar surface area (TPSA) is 50.6 Å². The summed E-state index contributed by atoms with van der Waals surface area (Å²) in [5.74, 6) is 1.80. The van der Waals surface area contributed by atoms with E-state index < -0.39 is 0 Å². The largest absolute Gasteiger partial charge is 0.381 e. The molecule has 2 fully saturated rings. The zero-order chi connectivity index (χ0) is 15.6. The first-order valence-corrected chi connectivity index (χ1v) is 8.88. The summed E-state index contributed by atoms with van der Waals surface area (Å²) in [5, 5.41) is 0. The quantitative estimate of drug-likeness (QED) is 0.833. The summed E-state index contributed by atoms with van der Waals surface area (Å²) in [6, 6.07) is 0. The summed E-state index contributed by atoms with van der Waals surface area (Å²) in [6.45, 7) is 7.25. The zero-order valence-electron chi connectivity index (χ0n) is 13.7. The van der Waals surface area contributed by atoms with Gasteiger partial charge in [0, 0.05) is 44.6 Å². The zero-order valence-corrected chi connectivity index (χ0v) is 13.7. The number of hydrogen-bond acceptors (Lipinski definition) is 4. The van der Waals surface area contributed by atoms with Crippen molar-refractivity contribution in [2.45, 2.75) is 32.4 Å². The van der Waals surface area contributed by atoms with Crippen molar-refractivity contribution in [1.82, 2.24) is 19.4 Å². The van der Waals surface area contributed by atoms with Gasteiger partial charge in [0.1, 0.15) is 5.82 Å². The minimum Gasteiger partial charge on any atom is -0.381 e. The molecule has 0 saturated carbocycles. The monoisotopic (exact) mass is 318 g/mol. The number of hydrogen-bond donors (Lipinski definition) is 0. The van der Waals surface area contributed by atoms with Crippen LogP contribution in [0.15, 0.2) is 12.4 Å². The lowest BCUT2D eigenvalue weighted by molar-refractivity contribution is -0.136. The number of carbonyl (C=O) groups is 1. The average molecular weight is 318 g/mol. The number of amides is 1. The van der Waals surface area contributed by atoms with Crippen LogP contribution in [0, 0.1) is 11.8 Å². The van der Waals surface area contributed by atoms with Gasteiger partial charge >= 0.3 is 0 Å². The van der Waals surface area contributed by atoms with E-state index in [4.69, 9.17) is 4.74 Å². The van der Waals surface area contributed by atoms with E-state index in [-0.39, 0.29) is 11.8 Å². The van der Waals surface area contributed by atoms with E-state index >= 15 is 0 Å². The summed E-state index contributed by atoms with van der Waals surface area (Å²) in [5.41, 5.74) is 0. The first-order valence-electron chi connectivity index (χ1n) is 8.88. The molecule has 2 saturated heterocycles. The molecule has 126 valence electrons. The molecule has 0 aromatic carbocycles. The lowest BCUT2D eigenvalue weighted by Gasteiger charge is -2.28. The third kappa shape index (κ3) is 3.28. The van der Waals surface area contributed by atoms with Crippen LogP contribution < -0.4 is 0 Å². The highest BCUT2D eigenvalue weighted by Gasteiger charge is 2.32. The van der Waals surface area contributed by atoms with Crippen molar-refractivity contribution in [3.63, 3.8) is 0 Å². The predicted octanol–water partition coefficient (Wildman–Crippen LogP) is 0.974. The molecule has 6 heteroatoms. The van der Waals surface area contributed by atoms with Crippen molar-refractivity contribution in [1.29, 1.82) is 0 Å². The highest BCUT2D eigenvalue weighted by Crippen LogP contribution is 2.22. The van der Waals surface area contributed by atoms with Gasteiger partial charge < -0.3 is 19.1 Å². The smallest absolute Gasteiger partial charge is 0.228 e. The number of carbonyl (C=O) groups excluding carboxylic acids is 1. The summed E-state index contributed by atoms with van der Waals surface area (Å²) >= 11 is 0. The maximum Gasteiger partial charge on any atom is 0.228 e. The molecular formula is C17H26N4O2. The van der Waals surface area contributed by atoms with Crippen molar-refractivity contribution in [2.75, 3.05) is 39.4 Å². The lowest BCUT2D eigenvalue weighted by Crippen LogP contribution is -2.41. The molecule has 0 spiro atoms. The van der Waals surface area contributed by atoms with E-state index in [0.29, 0.717) is 19.1 Å². The first kappa shape index (κ1) is 15.1. The van der Waals surface area contributed by atoms with Crippen molar-refractivity contribution in [3.8, 4) is 0 Å². The number of likely N-dealkylation sites (tertiary alicyclic amines) is 1. The van der Waals surface area contributed by atoms with Crippen molar-refractivity contribution in [2.24, 2.45) is 11.8 Å². The number of aromatic nitrogens is 2. The fourth-order valence-corrected chi connectivity index (χ4v) is 4.14. The van der Waals surface area contributed by atoms with Crippen LogP contribution in [0.25, 0.3) is 0 Å². The van der Waals surface area contributed by atoms with Crippen LogP contribution in [0.5, 0.6) is 0 Å². The minimum absolute atomic E-state index is 0.0453. The second-order valence-corrected chi connectivity index (χ2v) is 7.15. The van der Waals surface area contributed by atoms with Gasteiger partial charge in [-0.25, -0.2) is 4.98 Å². The summed E-state index contributed by atoms with van der Waals surface area (Å²) < 4.78 is 7.65. The summed E-state index contributed by atoms with van der Waals surface area (Å²) in [6.07, 6.45) is 7.39. The van der Waals surface area contributed by atoms with Crippen LogP contribution in [0.4, 0.5) is 0 Å². The summed E-state index contributed by atoms with van der Waals surface area (Å²) in [4.78, 5) is 21.9. The van der Waals surface area contributed by atoms with Crippen molar-refractivity contribution < 1.29 is 9.53 Å². The van der Waals surface area contributed by atoms with E-state index in [1.54, 1.807) is 0 Å². The molecule has 0 N–H and O–H groups in total. The van der Waals surface area contributed by atoms with E-state index in [1.807, 2.05) is 11.1 Å². The van der Waals surface area contributed by atoms with Gasteiger partial charge in [-0.2, -0.15) is 0 Å².